The second kappa shape index (κ2) is 8.96. The van der Waals surface area contributed by atoms with Gasteiger partial charge in [0.1, 0.15) is 5.60 Å². The average Bonchev–Trinajstić information content (AvgIpc) is 2.19. The van der Waals surface area contributed by atoms with Crippen molar-refractivity contribution in [2.45, 2.75) is 26.4 Å². The van der Waals surface area contributed by atoms with Gasteiger partial charge < -0.3 is 10.1 Å². The van der Waals surface area contributed by atoms with Crippen LogP contribution in [-0.4, -0.2) is 55.0 Å². The molecule has 0 amide bonds. The Hall–Kier alpha value is -0.130. The number of carbonyl (C=O) groups excluding carboxylic acids is 1. The lowest BCUT2D eigenvalue weighted by Crippen LogP contribution is -2.44. The third-order valence-electron chi connectivity index (χ3n) is 2.01. The maximum absolute atomic E-state index is 9.60. The van der Waals surface area contributed by atoms with E-state index in [1.807, 2.05) is 20.8 Å². The molecule has 0 bridgehead atoms. The van der Waals surface area contributed by atoms with Gasteiger partial charge in [-0.1, -0.05) is 15.9 Å². The normalized spacial score (nSPS) is 17.2. The standard InChI is InChI=1S/C6H13BrN2.C5H10O2/c7-1-4-9-5-2-8-3-6-9;1-5(2,3)7-4-6/h8H,1-6H2;4H,1-3H3. The molecule has 1 heterocycles. The highest BCUT2D eigenvalue weighted by molar-refractivity contribution is 9.09. The largest absolute Gasteiger partial charge is 0.462 e. The molecule has 0 spiro atoms. The van der Waals surface area contributed by atoms with Crippen molar-refractivity contribution in [1.82, 2.24) is 10.2 Å². The summed E-state index contributed by atoms with van der Waals surface area (Å²) in [5.41, 5.74) is -0.318. The smallest absolute Gasteiger partial charge is 0.293 e. The third kappa shape index (κ3) is 10.4. The Labute approximate surface area is 107 Å². The molecule has 1 rings (SSSR count). The molecule has 96 valence electrons. The van der Waals surface area contributed by atoms with E-state index in [9.17, 15) is 4.79 Å². The van der Waals surface area contributed by atoms with Gasteiger partial charge in [-0.15, -0.1) is 0 Å². The van der Waals surface area contributed by atoms with Crippen LogP contribution in [0.1, 0.15) is 20.8 Å². The van der Waals surface area contributed by atoms with Crippen LogP contribution in [0.3, 0.4) is 0 Å². The molecule has 0 aliphatic carbocycles. The Bertz CT molecular complexity index is 175. The Kier molecular flexibility index (Phi) is 8.89. The van der Waals surface area contributed by atoms with E-state index in [2.05, 4.69) is 30.9 Å². The summed E-state index contributed by atoms with van der Waals surface area (Å²) in [6.07, 6.45) is 0. The van der Waals surface area contributed by atoms with Crippen molar-refractivity contribution in [3.63, 3.8) is 0 Å². The van der Waals surface area contributed by atoms with Crippen LogP contribution in [0, 0.1) is 0 Å². The molecule has 0 radical (unpaired) electrons. The minimum Gasteiger partial charge on any atom is -0.462 e. The monoisotopic (exact) mass is 294 g/mol. The third-order valence-corrected chi connectivity index (χ3v) is 2.37. The topological polar surface area (TPSA) is 41.6 Å². The lowest BCUT2D eigenvalue weighted by atomic mass is 10.2. The van der Waals surface area contributed by atoms with Crippen molar-refractivity contribution in [2.75, 3.05) is 38.1 Å². The maximum Gasteiger partial charge on any atom is 0.293 e. The number of carbonyl (C=O) groups is 1. The summed E-state index contributed by atoms with van der Waals surface area (Å²) in [4.78, 5) is 12.1. The Morgan fingerprint density at radius 2 is 1.94 bits per heavy atom. The highest BCUT2D eigenvalue weighted by Crippen LogP contribution is 2.02. The fourth-order valence-corrected chi connectivity index (χ4v) is 1.70. The summed E-state index contributed by atoms with van der Waals surface area (Å²) in [5, 5.41) is 4.42. The molecule has 1 aliphatic rings. The average molecular weight is 295 g/mol. The molecule has 0 unspecified atom stereocenters. The predicted molar refractivity (Wildman–Crippen MR) is 70.0 cm³/mol. The number of piperazine rings is 1. The zero-order chi connectivity index (χ0) is 12.4. The van der Waals surface area contributed by atoms with Crippen LogP contribution >= 0.6 is 15.9 Å². The number of hydrogen-bond acceptors (Lipinski definition) is 4. The number of halogens is 1. The molecule has 5 heteroatoms. The van der Waals surface area contributed by atoms with Crippen molar-refractivity contribution < 1.29 is 9.53 Å². The first-order valence-electron chi connectivity index (χ1n) is 5.60. The SMILES string of the molecule is BrCCN1CCNCC1.CC(C)(C)OC=O. The molecule has 1 saturated heterocycles. The summed E-state index contributed by atoms with van der Waals surface area (Å²) >= 11 is 3.42. The van der Waals surface area contributed by atoms with Gasteiger partial charge in [-0.05, 0) is 20.8 Å². The van der Waals surface area contributed by atoms with E-state index >= 15 is 0 Å². The minimum absolute atomic E-state index is 0.318. The van der Waals surface area contributed by atoms with Crippen LogP contribution in [0.2, 0.25) is 0 Å². The molecule has 1 fully saturated rings. The maximum atomic E-state index is 9.60. The van der Waals surface area contributed by atoms with Crippen LogP contribution < -0.4 is 5.32 Å². The van der Waals surface area contributed by atoms with Gasteiger partial charge >= 0.3 is 0 Å². The van der Waals surface area contributed by atoms with E-state index in [4.69, 9.17) is 0 Å². The van der Waals surface area contributed by atoms with Crippen molar-refractivity contribution in [1.29, 1.82) is 0 Å². The molecule has 16 heavy (non-hydrogen) atoms. The predicted octanol–water partition coefficient (Wildman–Crippen LogP) is 1.24. The summed E-state index contributed by atoms with van der Waals surface area (Å²) in [6, 6.07) is 0. The van der Waals surface area contributed by atoms with Crippen LogP contribution in [-0.2, 0) is 9.53 Å². The minimum atomic E-state index is -0.318. The highest BCUT2D eigenvalue weighted by atomic mass is 79.9. The van der Waals surface area contributed by atoms with Crippen molar-refractivity contribution in [3.05, 3.63) is 0 Å². The number of hydrogen-bond donors (Lipinski definition) is 1. The lowest BCUT2D eigenvalue weighted by Gasteiger charge is -2.26. The van der Waals surface area contributed by atoms with Crippen LogP contribution in [0.15, 0.2) is 0 Å². The van der Waals surface area contributed by atoms with Gasteiger partial charge in [-0.2, -0.15) is 0 Å². The molecule has 0 aromatic carbocycles. The van der Waals surface area contributed by atoms with Crippen molar-refractivity contribution in [2.24, 2.45) is 0 Å². The first kappa shape index (κ1) is 15.9. The van der Waals surface area contributed by atoms with Gasteiger partial charge in [0.2, 0.25) is 0 Å². The first-order valence-corrected chi connectivity index (χ1v) is 6.72. The van der Waals surface area contributed by atoms with Gasteiger partial charge in [-0.25, -0.2) is 0 Å². The Balaban J connectivity index is 0.000000293. The van der Waals surface area contributed by atoms with Gasteiger partial charge in [0.05, 0.1) is 0 Å². The van der Waals surface area contributed by atoms with Crippen molar-refractivity contribution >= 4 is 22.4 Å². The van der Waals surface area contributed by atoms with E-state index in [1.54, 1.807) is 0 Å². The summed E-state index contributed by atoms with van der Waals surface area (Å²) < 4.78 is 4.55. The number of ether oxygens (including phenoxy) is 1. The second-order valence-electron chi connectivity index (χ2n) is 4.61. The molecule has 1 aliphatic heterocycles. The quantitative estimate of drug-likeness (QED) is 0.628. The fraction of sp³-hybridized carbons (Fsp3) is 0.909. The zero-order valence-corrected chi connectivity index (χ0v) is 12.0. The molecule has 0 aromatic heterocycles. The number of nitrogens with zero attached hydrogens (tertiary/aromatic N) is 1. The molecule has 4 nitrogen and oxygen atoms in total. The molecule has 0 aromatic rings. The van der Waals surface area contributed by atoms with Crippen molar-refractivity contribution in [3.8, 4) is 0 Å². The highest BCUT2D eigenvalue weighted by Gasteiger charge is 2.07. The number of rotatable bonds is 3. The molecule has 0 atom stereocenters. The summed E-state index contributed by atoms with van der Waals surface area (Å²) in [7, 11) is 0. The van der Waals surface area contributed by atoms with Gasteiger partial charge in [0.25, 0.3) is 6.47 Å². The van der Waals surface area contributed by atoms with E-state index in [0.29, 0.717) is 6.47 Å². The first-order chi connectivity index (χ1) is 7.49. The van der Waals surface area contributed by atoms with E-state index in [-0.39, 0.29) is 5.60 Å². The van der Waals surface area contributed by atoms with Gasteiger partial charge in [0, 0.05) is 38.1 Å². The number of alkyl halides is 1. The van der Waals surface area contributed by atoms with E-state index < -0.39 is 0 Å². The Morgan fingerprint density at radius 3 is 2.25 bits per heavy atom. The van der Waals surface area contributed by atoms with Crippen LogP contribution in [0.5, 0.6) is 0 Å². The van der Waals surface area contributed by atoms with Gasteiger partial charge in [0.15, 0.2) is 0 Å². The molecular weight excluding hydrogens is 272 g/mol. The molecular formula is C11H23BrN2O2. The second-order valence-corrected chi connectivity index (χ2v) is 5.40. The molecule has 0 saturated carbocycles. The van der Waals surface area contributed by atoms with E-state index in [1.165, 1.54) is 19.6 Å². The van der Waals surface area contributed by atoms with E-state index in [0.717, 1.165) is 18.4 Å². The summed E-state index contributed by atoms with van der Waals surface area (Å²) in [5.74, 6) is 0. The fourth-order valence-electron chi connectivity index (χ4n) is 1.20. The zero-order valence-electron chi connectivity index (χ0n) is 10.5. The Morgan fingerprint density at radius 1 is 1.38 bits per heavy atom. The molecule has 1 N–H and O–H groups in total. The summed E-state index contributed by atoms with van der Waals surface area (Å²) in [6.45, 7) is 11.9. The van der Waals surface area contributed by atoms with Crippen LogP contribution in [0.25, 0.3) is 0 Å². The van der Waals surface area contributed by atoms with Crippen LogP contribution in [0.4, 0.5) is 0 Å². The van der Waals surface area contributed by atoms with Gasteiger partial charge in [-0.3, -0.25) is 9.69 Å². The lowest BCUT2D eigenvalue weighted by molar-refractivity contribution is -0.138. The number of nitrogens with one attached hydrogen (secondary N) is 1.